The fourth-order valence-corrected chi connectivity index (χ4v) is 4.12. The Balaban J connectivity index is 1.68. The van der Waals surface area contributed by atoms with Crippen LogP contribution in [0.3, 0.4) is 0 Å². The number of aromatic nitrogens is 3. The highest BCUT2D eigenvalue weighted by molar-refractivity contribution is 7.90. The number of pyridine rings is 1. The van der Waals surface area contributed by atoms with Crippen LogP contribution in [0.1, 0.15) is 10.4 Å². The van der Waals surface area contributed by atoms with E-state index in [0.29, 0.717) is 26.4 Å². The second kappa shape index (κ2) is 5.64. The van der Waals surface area contributed by atoms with E-state index in [0.717, 1.165) is 6.26 Å². The Morgan fingerprint density at radius 3 is 2.88 bits per heavy atom. The van der Waals surface area contributed by atoms with E-state index in [2.05, 4.69) is 15.4 Å². The van der Waals surface area contributed by atoms with Gasteiger partial charge in [-0.1, -0.05) is 11.3 Å². The number of nitrogens with one attached hydrogen (secondary N) is 1. The highest BCUT2D eigenvalue weighted by Gasteiger charge is 2.15. The predicted molar refractivity (Wildman–Crippen MR) is 95.9 cm³/mol. The molecular weight excluding hydrogens is 360 g/mol. The van der Waals surface area contributed by atoms with Gasteiger partial charge >= 0.3 is 0 Å². The summed E-state index contributed by atoms with van der Waals surface area (Å²) in [7, 11) is -3.29. The Morgan fingerprint density at radius 1 is 1.24 bits per heavy atom. The Labute approximate surface area is 146 Å². The fraction of sp³-hybridized carbons (Fsp3) is 0.0625. The van der Waals surface area contributed by atoms with Crippen molar-refractivity contribution in [2.24, 2.45) is 0 Å². The van der Waals surface area contributed by atoms with Crippen LogP contribution < -0.4 is 5.32 Å². The molecule has 4 rings (SSSR count). The van der Waals surface area contributed by atoms with E-state index in [1.54, 1.807) is 47.2 Å². The zero-order valence-electron chi connectivity index (χ0n) is 13.0. The average molecular weight is 372 g/mol. The number of thiazole rings is 1. The number of carbonyl (C=O) groups excluding carboxylic acids is 1. The molecule has 0 spiro atoms. The molecule has 0 saturated heterocycles. The molecule has 126 valence electrons. The van der Waals surface area contributed by atoms with E-state index in [1.165, 1.54) is 17.4 Å². The maximum atomic E-state index is 12.5. The van der Waals surface area contributed by atoms with Gasteiger partial charge in [0.1, 0.15) is 0 Å². The monoisotopic (exact) mass is 372 g/mol. The summed E-state index contributed by atoms with van der Waals surface area (Å²) in [4.78, 5) is 17.1. The molecule has 3 heterocycles. The molecule has 0 radical (unpaired) electrons. The molecule has 0 aliphatic heterocycles. The van der Waals surface area contributed by atoms with E-state index < -0.39 is 9.84 Å². The molecule has 4 aromatic rings. The molecule has 25 heavy (non-hydrogen) atoms. The molecule has 1 N–H and O–H groups in total. The van der Waals surface area contributed by atoms with Gasteiger partial charge in [0.15, 0.2) is 15.0 Å². The molecule has 0 saturated carbocycles. The van der Waals surface area contributed by atoms with Gasteiger partial charge in [0.2, 0.25) is 0 Å². The Morgan fingerprint density at radius 2 is 2.08 bits per heavy atom. The van der Waals surface area contributed by atoms with E-state index in [1.807, 2.05) is 0 Å². The normalized spacial score (nSPS) is 11.9. The number of fused-ring (bicyclic) bond motifs is 2. The number of carbonyl (C=O) groups is 1. The van der Waals surface area contributed by atoms with Crippen molar-refractivity contribution in [1.82, 2.24) is 14.6 Å². The van der Waals surface area contributed by atoms with E-state index >= 15 is 0 Å². The lowest BCUT2D eigenvalue weighted by Crippen LogP contribution is -2.12. The summed E-state index contributed by atoms with van der Waals surface area (Å²) in [6.45, 7) is 0. The molecule has 3 aromatic heterocycles. The van der Waals surface area contributed by atoms with Crippen molar-refractivity contribution in [2.75, 3.05) is 11.6 Å². The minimum Gasteiger partial charge on any atom is -0.298 e. The highest BCUT2D eigenvalue weighted by Crippen LogP contribution is 2.28. The molecule has 0 unspecified atom stereocenters. The highest BCUT2D eigenvalue weighted by atomic mass is 32.2. The fourth-order valence-electron chi connectivity index (χ4n) is 2.50. The summed E-state index contributed by atoms with van der Waals surface area (Å²) in [6, 6.07) is 9.92. The van der Waals surface area contributed by atoms with E-state index in [-0.39, 0.29) is 10.8 Å². The number of hydrogen-bond acceptors (Lipinski definition) is 6. The van der Waals surface area contributed by atoms with Gasteiger partial charge in [0.25, 0.3) is 5.91 Å². The molecule has 0 fully saturated rings. The van der Waals surface area contributed by atoms with Gasteiger partial charge in [0.05, 0.1) is 32.4 Å². The Bertz CT molecular complexity index is 1220. The largest absolute Gasteiger partial charge is 0.298 e. The number of hydrogen-bond donors (Lipinski definition) is 1. The van der Waals surface area contributed by atoms with Crippen LogP contribution in [0.15, 0.2) is 53.7 Å². The number of nitrogens with zero attached hydrogens (tertiary/aromatic N) is 3. The summed E-state index contributed by atoms with van der Waals surface area (Å²) < 4.78 is 25.6. The molecule has 1 amide bonds. The third kappa shape index (κ3) is 2.87. The number of benzene rings is 1. The van der Waals surface area contributed by atoms with Crippen LogP contribution in [0.4, 0.5) is 5.13 Å². The summed E-state index contributed by atoms with van der Waals surface area (Å²) in [5.74, 6) is -0.298. The van der Waals surface area contributed by atoms with Gasteiger partial charge in [-0.2, -0.15) is 5.10 Å². The lowest BCUT2D eigenvalue weighted by molar-refractivity contribution is 0.102. The number of amides is 1. The smallest absolute Gasteiger partial charge is 0.259 e. The molecular formula is C16H12N4O3S2. The van der Waals surface area contributed by atoms with Crippen molar-refractivity contribution < 1.29 is 13.2 Å². The maximum absolute atomic E-state index is 12.5. The lowest BCUT2D eigenvalue weighted by atomic mass is 10.2. The maximum Gasteiger partial charge on any atom is 0.259 e. The molecule has 0 atom stereocenters. The molecule has 0 aliphatic rings. The summed E-state index contributed by atoms with van der Waals surface area (Å²) >= 11 is 1.23. The van der Waals surface area contributed by atoms with Crippen molar-refractivity contribution in [1.29, 1.82) is 0 Å². The quantitative estimate of drug-likeness (QED) is 0.597. The minimum atomic E-state index is -3.29. The first-order valence-corrected chi connectivity index (χ1v) is 9.97. The summed E-state index contributed by atoms with van der Waals surface area (Å²) in [6.07, 6.45) is 4.54. The van der Waals surface area contributed by atoms with Crippen LogP contribution in [0.5, 0.6) is 0 Å². The molecule has 0 aliphatic carbocycles. The van der Waals surface area contributed by atoms with Crippen molar-refractivity contribution in [3.63, 3.8) is 0 Å². The first-order valence-electron chi connectivity index (χ1n) is 7.26. The third-order valence-electron chi connectivity index (χ3n) is 3.69. The van der Waals surface area contributed by atoms with Gasteiger partial charge in [-0.25, -0.2) is 17.9 Å². The van der Waals surface area contributed by atoms with Gasteiger partial charge in [-0.15, -0.1) is 0 Å². The van der Waals surface area contributed by atoms with Crippen LogP contribution >= 0.6 is 11.3 Å². The Hall–Kier alpha value is -2.78. The third-order valence-corrected chi connectivity index (χ3v) is 5.73. The summed E-state index contributed by atoms with van der Waals surface area (Å²) in [5, 5.41) is 7.28. The Kier molecular flexibility index (Phi) is 3.55. The van der Waals surface area contributed by atoms with Crippen LogP contribution in [0.25, 0.3) is 15.7 Å². The first kappa shape index (κ1) is 15.7. The van der Waals surface area contributed by atoms with Crippen LogP contribution in [0.2, 0.25) is 0 Å². The second-order valence-electron chi connectivity index (χ2n) is 5.46. The van der Waals surface area contributed by atoms with Crippen LogP contribution in [-0.2, 0) is 9.84 Å². The van der Waals surface area contributed by atoms with E-state index in [4.69, 9.17) is 0 Å². The lowest BCUT2D eigenvalue weighted by Gasteiger charge is -2.03. The van der Waals surface area contributed by atoms with Gasteiger partial charge < -0.3 is 0 Å². The minimum absolute atomic E-state index is 0.227. The molecule has 0 bridgehead atoms. The zero-order chi connectivity index (χ0) is 17.6. The molecule has 7 nitrogen and oxygen atoms in total. The predicted octanol–water partition coefficient (Wildman–Crippen LogP) is 2.60. The second-order valence-corrected chi connectivity index (χ2v) is 8.50. The molecule has 1 aromatic carbocycles. The van der Waals surface area contributed by atoms with Crippen molar-refractivity contribution in [2.45, 2.75) is 4.90 Å². The van der Waals surface area contributed by atoms with Crippen molar-refractivity contribution >= 4 is 47.9 Å². The van der Waals surface area contributed by atoms with Crippen LogP contribution in [-0.4, -0.2) is 35.2 Å². The topological polar surface area (TPSA) is 93.4 Å². The summed E-state index contributed by atoms with van der Waals surface area (Å²) in [5.41, 5.74) is 1.81. The first-order chi connectivity index (χ1) is 11.9. The number of anilines is 1. The standard InChI is InChI=1S/C16H12N4O3S2/c1-25(22,23)10-4-5-12-14(9-10)24-16(18-12)19-15(21)11-3-2-8-20-13(11)6-7-17-20/h2-9H,1H3,(H,18,19,21). The van der Waals surface area contributed by atoms with Crippen molar-refractivity contribution in [3.8, 4) is 0 Å². The number of sulfone groups is 1. The van der Waals surface area contributed by atoms with Gasteiger partial charge in [-0.05, 0) is 36.4 Å². The molecule has 9 heteroatoms. The van der Waals surface area contributed by atoms with Crippen molar-refractivity contribution in [3.05, 3.63) is 54.4 Å². The zero-order valence-corrected chi connectivity index (χ0v) is 14.6. The van der Waals surface area contributed by atoms with Gasteiger partial charge in [-0.3, -0.25) is 10.1 Å². The van der Waals surface area contributed by atoms with Crippen LogP contribution in [0, 0.1) is 0 Å². The SMILES string of the molecule is CS(=O)(=O)c1ccc2nc(NC(=O)c3cccn4nccc34)sc2c1. The average Bonchev–Trinajstić information content (AvgIpc) is 3.18. The van der Waals surface area contributed by atoms with E-state index in [9.17, 15) is 13.2 Å². The number of rotatable bonds is 3. The van der Waals surface area contributed by atoms with Gasteiger partial charge in [0, 0.05) is 12.5 Å².